The monoisotopic (exact) mass is 316 g/mol. The van der Waals surface area contributed by atoms with Crippen LogP contribution in [0.3, 0.4) is 0 Å². The Morgan fingerprint density at radius 3 is 2.50 bits per heavy atom. The lowest BCUT2D eigenvalue weighted by atomic mass is 10.2. The van der Waals surface area contributed by atoms with Crippen molar-refractivity contribution in [2.75, 3.05) is 5.32 Å². The number of hydrogen-bond donors (Lipinski definition) is 1. The van der Waals surface area contributed by atoms with Gasteiger partial charge in [-0.2, -0.15) is 0 Å². The van der Waals surface area contributed by atoms with E-state index in [0.717, 1.165) is 18.6 Å². The number of nitrogens with one attached hydrogen (secondary N) is 1. The average Bonchev–Trinajstić information content (AvgIpc) is 3.03. The summed E-state index contributed by atoms with van der Waals surface area (Å²) in [5.41, 5.74) is 0.565. The lowest BCUT2D eigenvalue weighted by molar-refractivity contribution is 0.102. The van der Waals surface area contributed by atoms with Crippen LogP contribution in [0.1, 0.15) is 36.0 Å². The molecule has 1 N–H and O–H groups in total. The molecule has 1 fully saturated rings. The van der Waals surface area contributed by atoms with Gasteiger partial charge < -0.3 is 10.1 Å². The van der Waals surface area contributed by atoms with Gasteiger partial charge in [-0.05, 0) is 62.1 Å². The summed E-state index contributed by atoms with van der Waals surface area (Å²) in [6.45, 7) is 0. The fourth-order valence-electron chi connectivity index (χ4n) is 2.52. The van der Waals surface area contributed by atoms with Crippen LogP contribution in [0.25, 0.3) is 0 Å². The van der Waals surface area contributed by atoms with Gasteiger partial charge in [-0.3, -0.25) is 4.79 Å². The minimum atomic E-state index is -0.206. The van der Waals surface area contributed by atoms with Gasteiger partial charge in [0.05, 0.1) is 11.1 Å². The van der Waals surface area contributed by atoms with E-state index in [9.17, 15) is 4.79 Å². The molecule has 1 aromatic heterocycles. The minimum absolute atomic E-state index is 0.206. The summed E-state index contributed by atoms with van der Waals surface area (Å²) in [6, 6.07) is 10.5. The zero-order chi connectivity index (χ0) is 15.4. The smallest absolute Gasteiger partial charge is 0.256 e. The van der Waals surface area contributed by atoms with Crippen LogP contribution < -0.4 is 10.1 Å². The Labute approximate surface area is 134 Å². The minimum Gasteiger partial charge on any atom is -0.490 e. The number of amides is 1. The highest BCUT2D eigenvalue weighted by atomic mass is 35.5. The predicted octanol–water partition coefficient (Wildman–Crippen LogP) is 4.31. The molecule has 2 aromatic rings. The largest absolute Gasteiger partial charge is 0.490 e. The number of aromatic nitrogens is 1. The Morgan fingerprint density at radius 2 is 1.86 bits per heavy atom. The van der Waals surface area contributed by atoms with E-state index >= 15 is 0 Å². The van der Waals surface area contributed by atoms with Crippen molar-refractivity contribution in [2.45, 2.75) is 31.8 Å². The molecule has 22 heavy (non-hydrogen) atoms. The molecule has 1 heterocycles. The number of ether oxygens (including phenoxy) is 1. The third kappa shape index (κ3) is 3.77. The van der Waals surface area contributed by atoms with Crippen molar-refractivity contribution in [1.29, 1.82) is 0 Å². The maximum Gasteiger partial charge on any atom is 0.256 e. The van der Waals surface area contributed by atoms with Crippen LogP contribution in [0.5, 0.6) is 5.75 Å². The second-order valence-electron chi connectivity index (χ2n) is 5.36. The molecular weight excluding hydrogens is 300 g/mol. The van der Waals surface area contributed by atoms with Gasteiger partial charge in [0.1, 0.15) is 11.6 Å². The van der Waals surface area contributed by atoms with Crippen molar-refractivity contribution in [3.05, 3.63) is 53.2 Å². The van der Waals surface area contributed by atoms with E-state index in [2.05, 4.69) is 10.3 Å². The van der Waals surface area contributed by atoms with Gasteiger partial charge in [0.25, 0.3) is 5.91 Å². The summed E-state index contributed by atoms with van der Waals surface area (Å²) < 4.78 is 5.88. The molecule has 0 radical (unpaired) electrons. The summed E-state index contributed by atoms with van der Waals surface area (Å²) >= 11 is 5.76. The molecule has 0 atom stereocenters. The van der Waals surface area contributed by atoms with Gasteiger partial charge in [0, 0.05) is 11.8 Å². The maximum absolute atomic E-state index is 12.1. The second kappa shape index (κ2) is 6.79. The number of anilines is 1. The van der Waals surface area contributed by atoms with Crippen molar-refractivity contribution in [3.63, 3.8) is 0 Å². The predicted molar refractivity (Wildman–Crippen MR) is 86.5 cm³/mol. The third-order valence-corrected chi connectivity index (χ3v) is 3.91. The number of benzene rings is 1. The van der Waals surface area contributed by atoms with Crippen molar-refractivity contribution in [3.8, 4) is 5.75 Å². The average molecular weight is 317 g/mol. The lowest BCUT2D eigenvalue weighted by Gasteiger charge is -2.13. The Hall–Kier alpha value is -2.07. The number of rotatable bonds is 4. The molecule has 1 amide bonds. The van der Waals surface area contributed by atoms with E-state index in [4.69, 9.17) is 16.3 Å². The van der Waals surface area contributed by atoms with Crippen LogP contribution in [0.2, 0.25) is 5.02 Å². The van der Waals surface area contributed by atoms with Crippen LogP contribution in [0, 0.1) is 0 Å². The molecule has 1 saturated carbocycles. The first-order valence-electron chi connectivity index (χ1n) is 7.40. The van der Waals surface area contributed by atoms with Gasteiger partial charge in [-0.25, -0.2) is 4.98 Å². The van der Waals surface area contributed by atoms with Crippen molar-refractivity contribution in [2.24, 2.45) is 0 Å². The molecule has 0 saturated heterocycles. The molecule has 1 aromatic carbocycles. The fraction of sp³-hybridized carbons (Fsp3) is 0.294. The third-order valence-electron chi connectivity index (χ3n) is 3.69. The normalized spacial score (nSPS) is 14.8. The Balaban J connectivity index is 1.61. The molecule has 0 aliphatic heterocycles. The van der Waals surface area contributed by atoms with Crippen molar-refractivity contribution >= 4 is 23.3 Å². The van der Waals surface area contributed by atoms with Gasteiger partial charge in [0.2, 0.25) is 0 Å². The standard InChI is InChI=1S/C17H17ClN2O2/c18-13-7-10-16(19-11-13)20-17(21)12-5-8-15(9-6-12)22-14-3-1-2-4-14/h5-11,14H,1-4H2,(H,19,20,21). The molecule has 5 heteroatoms. The Kier molecular flexibility index (Phi) is 4.59. The van der Waals surface area contributed by atoms with E-state index < -0.39 is 0 Å². The van der Waals surface area contributed by atoms with Gasteiger partial charge in [0.15, 0.2) is 0 Å². The summed E-state index contributed by atoms with van der Waals surface area (Å²) in [5.74, 6) is 1.08. The highest BCUT2D eigenvalue weighted by Gasteiger charge is 2.16. The van der Waals surface area contributed by atoms with E-state index in [-0.39, 0.29) is 5.91 Å². The molecule has 1 aliphatic rings. The number of halogens is 1. The number of nitrogens with zero attached hydrogens (tertiary/aromatic N) is 1. The second-order valence-corrected chi connectivity index (χ2v) is 5.80. The molecule has 1 aliphatic carbocycles. The molecule has 0 spiro atoms. The van der Waals surface area contributed by atoms with Crippen LogP contribution in [-0.2, 0) is 0 Å². The molecule has 0 bridgehead atoms. The fourth-order valence-corrected chi connectivity index (χ4v) is 2.63. The highest BCUT2D eigenvalue weighted by Crippen LogP contribution is 2.24. The van der Waals surface area contributed by atoms with E-state index in [1.807, 2.05) is 12.1 Å². The first kappa shape index (κ1) is 14.9. The SMILES string of the molecule is O=C(Nc1ccc(Cl)cn1)c1ccc(OC2CCCC2)cc1. The molecular formula is C17H17ClN2O2. The van der Waals surface area contributed by atoms with Crippen molar-refractivity contribution in [1.82, 2.24) is 4.98 Å². The number of carbonyl (C=O) groups is 1. The summed E-state index contributed by atoms with van der Waals surface area (Å²) in [4.78, 5) is 16.2. The maximum atomic E-state index is 12.1. The van der Waals surface area contributed by atoms with Gasteiger partial charge in [-0.1, -0.05) is 11.6 Å². The zero-order valence-electron chi connectivity index (χ0n) is 12.1. The van der Waals surface area contributed by atoms with E-state index in [0.29, 0.717) is 22.5 Å². The molecule has 4 nitrogen and oxygen atoms in total. The van der Waals surface area contributed by atoms with Crippen LogP contribution in [0.4, 0.5) is 5.82 Å². The van der Waals surface area contributed by atoms with Gasteiger partial charge >= 0.3 is 0 Å². The van der Waals surface area contributed by atoms with Crippen molar-refractivity contribution < 1.29 is 9.53 Å². The number of hydrogen-bond acceptors (Lipinski definition) is 3. The highest BCUT2D eigenvalue weighted by molar-refractivity contribution is 6.30. The van der Waals surface area contributed by atoms with E-state index in [1.165, 1.54) is 19.0 Å². The topological polar surface area (TPSA) is 51.2 Å². The van der Waals surface area contributed by atoms with E-state index in [1.54, 1.807) is 24.3 Å². The Bertz CT molecular complexity index is 635. The quantitative estimate of drug-likeness (QED) is 0.914. The van der Waals surface area contributed by atoms with Gasteiger partial charge in [-0.15, -0.1) is 0 Å². The molecule has 0 unspecified atom stereocenters. The number of carbonyl (C=O) groups excluding carboxylic acids is 1. The summed E-state index contributed by atoms with van der Waals surface area (Å²) in [6.07, 6.45) is 6.52. The number of pyridine rings is 1. The van der Waals surface area contributed by atoms with Crippen LogP contribution in [0.15, 0.2) is 42.6 Å². The first-order valence-corrected chi connectivity index (χ1v) is 7.78. The van der Waals surface area contributed by atoms with Crippen LogP contribution >= 0.6 is 11.6 Å². The summed E-state index contributed by atoms with van der Waals surface area (Å²) in [7, 11) is 0. The Morgan fingerprint density at radius 1 is 1.14 bits per heavy atom. The molecule has 3 rings (SSSR count). The zero-order valence-corrected chi connectivity index (χ0v) is 12.8. The first-order chi connectivity index (χ1) is 10.7. The molecule has 114 valence electrons. The van der Waals surface area contributed by atoms with Crippen LogP contribution in [-0.4, -0.2) is 17.0 Å². The summed E-state index contributed by atoms with van der Waals surface area (Å²) in [5, 5.41) is 3.26. The lowest BCUT2D eigenvalue weighted by Crippen LogP contribution is -2.13.